The molecule has 17 heavy (non-hydrogen) atoms. The number of hydrogen-bond acceptors (Lipinski definition) is 2. The first-order chi connectivity index (χ1) is 8.13. The largest absolute Gasteiger partial charge is 0.451 e. The summed E-state index contributed by atoms with van der Waals surface area (Å²) in [6, 6.07) is 9.25. The Hall–Kier alpha value is -2.17. The van der Waals surface area contributed by atoms with E-state index in [2.05, 4.69) is 14.7 Å². The Labute approximate surface area is 100 Å². The van der Waals surface area contributed by atoms with Gasteiger partial charge in [-0.15, -0.1) is 0 Å². The highest BCUT2D eigenvalue weighted by atomic mass is 16.5. The molecule has 0 saturated heterocycles. The zero-order valence-electron chi connectivity index (χ0n) is 10.1. The van der Waals surface area contributed by atoms with Crippen LogP contribution in [0.25, 0.3) is 0 Å². The van der Waals surface area contributed by atoms with Crippen LogP contribution in [-0.2, 0) is 4.74 Å². The quantitative estimate of drug-likeness (QED) is 0.578. The number of carbonyl (C=O) groups is 1. The molecule has 0 fully saturated rings. The van der Waals surface area contributed by atoms with Crippen LogP contribution in [0.2, 0.25) is 0 Å². The fourth-order valence-corrected chi connectivity index (χ4v) is 1.06. The molecule has 1 aromatic carbocycles. The van der Waals surface area contributed by atoms with E-state index in [1.165, 1.54) is 7.11 Å². The molecule has 0 bridgehead atoms. The van der Waals surface area contributed by atoms with Gasteiger partial charge in [-0.25, -0.2) is 9.79 Å². The Balaban J connectivity index is 3.03. The van der Waals surface area contributed by atoms with Gasteiger partial charge in [0.05, 0.1) is 13.4 Å². The topological polar surface area (TPSA) is 54.3 Å². The summed E-state index contributed by atoms with van der Waals surface area (Å²) in [5.41, 5.74) is 0.760. The molecule has 1 aromatic rings. The maximum absolute atomic E-state index is 11.1. The molecule has 0 atom stereocenters. The molecule has 1 amide bonds. The van der Waals surface area contributed by atoms with E-state index in [1.807, 2.05) is 44.4 Å². The molecular weight excluding hydrogens is 218 g/mol. The van der Waals surface area contributed by atoms with Gasteiger partial charge in [0.1, 0.15) is 0 Å². The van der Waals surface area contributed by atoms with Crippen LogP contribution in [0, 0.1) is 0 Å². The van der Waals surface area contributed by atoms with Crippen molar-refractivity contribution >= 4 is 18.3 Å². The van der Waals surface area contributed by atoms with Crippen molar-refractivity contribution in [3.05, 3.63) is 35.9 Å². The van der Waals surface area contributed by atoms with Crippen LogP contribution in [-0.4, -0.2) is 44.4 Å². The van der Waals surface area contributed by atoms with E-state index in [4.69, 9.17) is 0 Å². The van der Waals surface area contributed by atoms with E-state index in [9.17, 15) is 4.79 Å². The predicted molar refractivity (Wildman–Crippen MR) is 67.6 cm³/mol. The lowest BCUT2D eigenvalue weighted by Gasteiger charge is -2.04. The second kappa shape index (κ2) is 6.42. The van der Waals surface area contributed by atoms with Gasteiger partial charge in [0.2, 0.25) is 0 Å². The SMILES string of the molecule is COC(=O)/N=C(/N=CN(C)C)c1ccccc1. The van der Waals surface area contributed by atoms with Gasteiger partial charge >= 0.3 is 6.09 Å². The van der Waals surface area contributed by atoms with Gasteiger partial charge < -0.3 is 9.64 Å². The summed E-state index contributed by atoms with van der Waals surface area (Å²) in [6.07, 6.45) is 0.911. The Morgan fingerprint density at radius 1 is 1.29 bits per heavy atom. The number of rotatable bonds is 2. The Bertz CT molecular complexity index is 425. The van der Waals surface area contributed by atoms with Crippen molar-refractivity contribution in [1.82, 2.24) is 4.90 Å². The molecule has 5 nitrogen and oxygen atoms in total. The molecule has 0 N–H and O–H groups in total. The molecule has 5 heteroatoms. The number of aliphatic imine (C=N–C) groups is 2. The lowest BCUT2D eigenvalue weighted by molar-refractivity contribution is 0.182. The molecule has 1 rings (SSSR count). The fourth-order valence-electron chi connectivity index (χ4n) is 1.06. The first-order valence-corrected chi connectivity index (χ1v) is 5.06. The van der Waals surface area contributed by atoms with Gasteiger partial charge in [0, 0.05) is 19.7 Å². The van der Waals surface area contributed by atoms with Crippen molar-refractivity contribution in [3.8, 4) is 0 Å². The Morgan fingerprint density at radius 2 is 1.94 bits per heavy atom. The smallest absolute Gasteiger partial charge is 0.435 e. The molecule has 0 aliphatic rings. The summed E-state index contributed by atoms with van der Waals surface area (Å²) in [6.45, 7) is 0. The van der Waals surface area contributed by atoms with Gasteiger partial charge in [0.15, 0.2) is 5.84 Å². The minimum absolute atomic E-state index is 0.325. The van der Waals surface area contributed by atoms with E-state index < -0.39 is 6.09 Å². The van der Waals surface area contributed by atoms with Crippen molar-refractivity contribution in [2.45, 2.75) is 0 Å². The Morgan fingerprint density at radius 3 is 2.47 bits per heavy atom. The maximum Gasteiger partial charge on any atom is 0.435 e. The molecule has 0 heterocycles. The van der Waals surface area contributed by atoms with E-state index in [0.717, 1.165) is 5.56 Å². The van der Waals surface area contributed by atoms with Crippen molar-refractivity contribution < 1.29 is 9.53 Å². The van der Waals surface area contributed by atoms with Gasteiger partial charge in [-0.05, 0) is 0 Å². The van der Waals surface area contributed by atoms with Crippen LogP contribution >= 0.6 is 0 Å². The summed E-state index contributed by atoms with van der Waals surface area (Å²) in [5, 5.41) is 0. The highest BCUT2D eigenvalue weighted by molar-refractivity contribution is 6.06. The highest BCUT2D eigenvalue weighted by Crippen LogP contribution is 2.03. The lowest BCUT2D eigenvalue weighted by Crippen LogP contribution is -2.11. The number of amidine groups is 1. The van der Waals surface area contributed by atoms with E-state index in [1.54, 1.807) is 11.2 Å². The zero-order valence-corrected chi connectivity index (χ0v) is 10.1. The minimum atomic E-state index is -0.667. The number of ether oxygens (including phenoxy) is 1. The van der Waals surface area contributed by atoms with Crippen molar-refractivity contribution in [1.29, 1.82) is 0 Å². The van der Waals surface area contributed by atoms with Crippen LogP contribution in [0.3, 0.4) is 0 Å². The molecule has 0 radical (unpaired) electrons. The molecule has 0 aliphatic heterocycles. The molecule has 0 saturated carbocycles. The van der Waals surface area contributed by atoms with E-state index >= 15 is 0 Å². The van der Waals surface area contributed by atoms with Crippen LogP contribution in [0.5, 0.6) is 0 Å². The van der Waals surface area contributed by atoms with Crippen LogP contribution in [0.4, 0.5) is 4.79 Å². The van der Waals surface area contributed by atoms with Crippen LogP contribution in [0.15, 0.2) is 40.3 Å². The monoisotopic (exact) mass is 233 g/mol. The summed E-state index contributed by atoms with van der Waals surface area (Å²) >= 11 is 0. The highest BCUT2D eigenvalue weighted by Gasteiger charge is 2.04. The number of methoxy groups -OCH3 is 1. The van der Waals surface area contributed by atoms with Gasteiger partial charge in [-0.1, -0.05) is 30.3 Å². The number of amides is 1. The zero-order chi connectivity index (χ0) is 12.7. The third kappa shape index (κ3) is 4.46. The van der Waals surface area contributed by atoms with E-state index in [0.29, 0.717) is 5.84 Å². The predicted octanol–water partition coefficient (Wildman–Crippen LogP) is 1.79. The molecule has 0 unspecified atom stereocenters. The Kier molecular flexibility index (Phi) is 4.87. The number of carbonyl (C=O) groups excluding carboxylic acids is 1. The van der Waals surface area contributed by atoms with Crippen molar-refractivity contribution in [3.63, 3.8) is 0 Å². The average Bonchev–Trinajstić information content (AvgIpc) is 2.35. The third-order valence-corrected chi connectivity index (χ3v) is 1.81. The summed E-state index contributed by atoms with van der Waals surface area (Å²) in [4.78, 5) is 20.8. The summed E-state index contributed by atoms with van der Waals surface area (Å²) in [7, 11) is 4.96. The maximum atomic E-state index is 11.1. The van der Waals surface area contributed by atoms with E-state index in [-0.39, 0.29) is 0 Å². The lowest BCUT2D eigenvalue weighted by atomic mass is 10.2. The summed E-state index contributed by atoms with van der Waals surface area (Å²) in [5.74, 6) is 0.325. The first kappa shape index (κ1) is 12.9. The molecular formula is C12H15N3O2. The molecule has 0 aliphatic carbocycles. The molecule has 90 valence electrons. The van der Waals surface area contributed by atoms with Crippen LogP contribution in [0.1, 0.15) is 5.56 Å². The number of hydrogen-bond donors (Lipinski definition) is 0. The second-order valence-electron chi connectivity index (χ2n) is 3.48. The summed E-state index contributed by atoms with van der Waals surface area (Å²) < 4.78 is 4.50. The minimum Gasteiger partial charge on any atom is -0.451 e. The van der Waals surface area contributed by atoms with Gasteiger partial charge in [-0.3, -0.25) is 0 Å². The van der Waals surface area contributed by atoms with Crippen molar-refractivity contribution in [2.75, 3.05) is 21.2 Å². The van der Waals surface area contributed by atoms with Gasteiger partial charge in [0.25, 0.3) is 0 Å². The van der Waals surface area contributed by atoms with Crippen LogP contribution < -0.4 is 0 Å². The van der Waals surface area contributed by atoms with Crippen molar-refractivity contribution in [2.24, 2.45) is 9.98 Å². The number of benzene rings is 1. The fraction of sp³-hybridized carbons (Fsp3) is 0.250. The second-order valence-corrected chi connectivity index (χ2v) is 3.48. The standard InChI is InChI=1S/C12H15N3O2/c1-15(2)9-13-11(14-12(16)17-3)10-7-5-4-6-8-10/h4-9H,1-3H3/b13-9?,14-11+. The molecule has 0 spiro atoms. The third-order valence-electron chi connectivity index (χ3n) is 1.81. The first-order valence-electron chi connectivity index (χ1n) is 5.06. The number of nitrogens with zero attached hydrogens (tertiary/aromatic N) is 3. The van der Waals surface area contributed by atoms with Gasteiger partial charge in [-0.2, -0.15) is 4.99 Å². The average molecular weight is 233 g/mol. The normalized spacial score (nSPS) is 11.6. The molecule has 0 aromatic heterocycles.